The van der Waals surface area contributed by atoms with E-state index in [9.17, 15) is 4.79 Å². The molecule has 124 valence electrons. The molecule has 0 spiro atoms. The molecule has 7 heteroatoms. The van der Waals surface area contributed by atoms with E-state index in [-0.39, 0.29) is 17.7 Å². The Morgan fingerprint density at radius 3 is 2.96 bits per heavy atom. The first-order chi connectivity index (χ1) is 11.1. The van der Waals surface area contributed by atoms with Gasteiger partial charge in [-0.05, 0) is 24.6 Å². The number of amides is 1. The SMILES string of the molecule is CCN(Cc1ccc(Cl)s1)C(=O)[C@H]1CNC[C@@H]1c1cnn(C)c1. The highest BCUT2D eigenvalue weighted by molar-refractivity contribution is 7.16. The zero-order valence-corrected chi connectivity index (χ0v) is 14.9. The minimum Gasteiger partial charge on any atom is -0.338 e. The quantitative estimate of drug-likeness (QED) is 0.899. The largest absolute Gasteiger partial charge is 0.338 e. The lowest BCUT2D eigenvalue weighted by Crippen LogP contribution is -2.38. The Hall–Kier alpha value is -1.37. The number of aromatic nitrogens is 2. The van der Waals surface area contributed by atoms with Crippen LogP contribution in [0.2, 0.25) is 4.34 Å². The fourth-order valence-corrected chi connectivity index (χ4v) is 4.23. The second-order valence-electron chi connectivity index (χ2n) is 5.88. The predicted molar refractivity (Wildman–Crippen MR) is 92.7 cm³/mol. The third kappa shape index (κ3) is 3.59. The smallest absolute Gasteiger partial charge is 0.227 e. The molecule has 5 nitrogen and oxygen atoms in total. The van der Waals surface area contributed by atoms with Crippen molar-refractivity contribution < 1.29 is 4.79 Å². The minimum atomic E-state index is -0.0328. The number of nitrogens with zero attached hydrogens (tertiary/aromatic N) is 3. The van der Waals surface area contributed by atoms with Crippen LogP contribution in [0.4, 0.5) is 0 Å². The molecule has 23 heavy (non-hydrogen) atoms. The van der Waals surface area contributed by atoms with Gasteiger partial charge in [-0.3, -0.25) is 9.48 Å². The van der Waals surface area contributed by atoms with Crippen molar-refractivity contribution in [3.63, 3.8) is 0 Å². The van der Waals surface area contributed by atoms with E-state index in [4.69, 9.17) is 11.6 Å². The van der Waals surface area contributed by atoms with Crippen LogP contribution in [0.5, 0.6) is 0 Å². The van der Waals surface area contributed by atoms with Crippen LogP contribution in [0.3, 0.4) is 0 Å². The van der Waals surface area contributed by atoms with Crippen LogP contribution in [0.25, 0.3) is 0 Å². The molecule has 0 aromatic carbocycles. The van der Waals surface area contributed by atoms with Crippen LogP contribution in [0, 0.1) is 5.92 Å². The number of carbonyl (C=O) groups is 1. The lowest BCUT2D eigenvalue weighted by Gasteiger charge is -2.26. The highest BCUT2D eigenvalue weighted by Crippen LogP contribution is 2.30. The van der Waals surface area contributed by atoms with E-state index in [2.05, 4.69) is 10.4 Å². The van der Waals surface area contributed by atoms with Crippen molar-refractivity contribution in [1.82, 2.24) is 20.0 Å². The van der Waals surface area contributed by atoms with Crippen LogP contribution < -0.4 is 5.32 Å². The van der Waals surface area contributed by atoms with Gasteiger partial charge in [0.05, 0.1) is 23.0 Å². The molecule has 2 atom stereocenters. The van der Waals surface area contributed by atoms with E-state index < -0.39 is 0 Å². The summed E-state index contributed by atoms with van der Waals surface area (Å²) >= 11 is 7.53. The fraction of sp³-hybridized carbons (Fsp3) is 0.500. The molecule has 1 fully saturated rings. The zero-order valence-electron chi connectivity index (χ0n) is 13.3. The Balaban J connectivity index is 1.74. The molecule has 1 amide bonds. The van der Waals surface area contributed by atoms with E-state index in [1.54, 1.807) is 4.68 Å². The Bertz CT molecular complexity index is 683. The van der Waals surface area contributed by atoms with Crippen LogP contribution in [0.1, 0.15) is 23.3 Å². The van der Waals surface area contributed by atoms with Gasteiger partial charge in [0.2, 0.25) is 5.91 Å². The van der Waals surface area contributed by atoms with E-state index in [1.807, 2.05) is 43.4 Å². The summed E-state index contributed by atoms with van der Waals surface area (Å²) in [6, 6.07) is 3.88. The van der Waals surface area contributed by atoms with Crippen LogP contribution in [0.15, 0.2) is 24.5 Å². The molecular weight excluding hydrogens is 332 g/mol. The average molecular weight is 353 g/mol. The van der Waals surface area contributed by atoms with Crippen molar-refractivity contribution in [2.24, 2.45) is 13.0 Å². The highest BCUT2D eigenvalue weighted by atomic mass is 35.5. The molecule has 1 aliphatic heterocycles. The maximum absolute atomic E-state index is 13.0. The molecule has 2 aromatic rings. The zero-order chi connectivity index (χ0) is 16.4. The lowest BCUT2D eigenvalue weighted by atomic mass is 9.90. The summed E-state index contributed by atoms with van der Waals surface area (Å²) in [6.45, 7) is 4.90. The van der Waals surface area contributed by atoms with Gasteiger partial charge >= 0.3 is 0 Å². The van der Waals surface area contributed by atoms with Crippen molar-refractivity contribution in [1.29, 1.82) is 0 Å². The van der Waals surface area contributed by atoms with Crippen molar-refractivity contribution in [2.45, 2.75) is 19.4 Å². The molecule has 2 aromatic heterocycles. The van der Waals surface area contributed by atoms with E-state index in [0.717, 1.165) is 27.9 Å². The first kappa shape index (κ1) is 16.5. The third-order valence-corrected chi connectivity index (χ3v) is 5.57. The molecule has 0 unspecified atom stereocenters. The monoisotopic (exact) mass is 352 g/mol. The van der Waals surface area contributed by atoms with Gasteiger partial charge in [0.15, 0.2) is 0 Å². The van der Waals surface area contributed by atoms with Gasteiger partial charge in [-0.15, -0.1) is 11.3 Å². The topological polar surface area (TPSA) is 50.2 Å². The molecular formula is C16H21ClN4OS. The van der Waals surface area contributed by atoms with Crippen molar-refractivity contribution in [2.75, 3.05) is 19.6 Å². The average Bonchev–Trinajstić information content (AvgIpc) is 3.24. The number of thiophene rings is 1. The number of carbonyl (C=O) groups excluding carboxylic acids is 1. The predicted octanol–water partition coefficient (Wildman–Crippen LogP) is 2.49. The summed E-state index contributed by atoms with van der Waals surface area (Å²) in [5.41, 5.74) is 1.13. The van der Waals surface area contributed by atoms with Gasteiger partial charge in [-0.25, -0.2) is 0 Å². The molecule has 3 heterocycles. The molecule has 0 radical (unpaired) electrons. The number of halogens is 1. The number of hydrogen-bond donors (Lipinski definition) is 1. The van der Waals surface area contributed by atoms with Gasteiger partial charge in [-0.2, -0.15) is 5.10 Å². The van der Waals surface area contributed by atoms with Crippen LogP contribution in [-0.4, -0.2) is 40.2 Å². The van der Waals surface area contributed by atoms with Gasteiger partial charge in [-0.1, -0.05) is 11.6 Å². The van der Waals surface area contributed by atoms with E-state index in [1.165, 1.54) is 11.3 Å². The number of nitrogens with one attached hydrogen (secondary N) is 1. The normalized spacial score (nSPS) is 20.8. The van der Waals surface area contributed by atoms with Crippen LogP contribution in [-0.2, 0) is 18.4 Å². The third-order valence-electron chi connectivity index (χ3n) is 4.35. The van der Waals surface area contributed by atoms with Crippen molar-refractivity contribution in [3.05, 3.63) is 39.3 Å². The first-order valence-electron chi connectivity index (χ1n) is 7.80. The maximum Gasteiger partial charge on any atom is 0.227 e. The minimum absolute atomic E-state index is 0.0328. The highest BCUT2D eigenvalue weighted by Gasteiger charge is 2.36. The summed E-state index contributed by atoms with van der Waals surface area (Å²) in [6.07, 6.45) is 3.88. The van der Waals surface area contributed by atoms with Crippen molar-refractivity contribution >= 4 is 28.8 Å². The molecule has 3 rings (SSSR count). The summed E-state index contributed by atoms with van der Waals surface area (Å²) in [5, 5.41) is 7.60. The second kappa shape index (κ2) is 7.03. The molecule has 1 saturated heterocycles. The molecule has 1 aliphatic rings. The molecule has 1 N–H and O–H groups in total. The second-order valence-corrected chi connectivity index (χ2v) is 7.68. The van der Waals surface area contributed by atoms with Crippen molar-refractivity contribution in [3.8, 4) is 0 Å². The Morgan fingerprint density at radius 1 is 1.52 bits per heavy atom. The Morgan fingerprint density at radius 2 is 2.35 bits per heavy atom. The first-order valence-corrected chi connectivity index (χ1v) is 9.00. The molecule has 0 aliphatic carbocycles. The Kier molecular flexibility index (Phi) is 5.04. The number of rotatable bonds is 5. The molecule has 0 bridgehead atoms. The number of aryl methyl sites for hydroxylation is 1. The lowest BCUT2D eigenvalue weighted by molar-refractivity contribution is -0.135. The molecule has 0 saturated carbocycles. The summed E-state index contributed by atoms with van der Waals surface area (Å²) < 4.78 is 2.56. The van der Waals surface area contributed by atoms with Crippen LogP contribution >= 0.6 is 22.9 Å². The standard InChI is InChI=1S/C16H21ClN4OS/c1-3-21(10-12-4-5-15(17)23-12)16(22)14-8-18-7-13(14)11-6-19-20(2)9-11/h4-6,9,13-14,18H,3,7-8,10H2,1-2H3/t13-,14+/m1/s1. The van der Waals surface area contributed by atoms with Gasteiger partial charge < -0.3 is 10.2 Å². The van der Waals surface area contributed by atoms with Gasteiger partial charge in [0.1, 0.15) is 0 Å². The number of hydrogen-bond acceptors (Lipinski definition) is 4. The summed E-state index contributed by atoms with van der Waals surface area (Å²) in [7, 11) is 1.90. The van der Waals surface area contributed by atoms with E-state index in [0.29, 0.717) is 13.1 Å². The fourth-order valence-electron chi connectivity index (χ4n) is 3.12. The van der Waals surface area contributed by atoms with Gasteiger partial charge in [0.25, 0.3) is 0 Å². The van der Waals surface area contributed by atoms with E-state index >= 15 is 0 Å². The van der Waals surface area contributed by atoms with Gasteiger partial charge in [0, 0.05) is 43.7 Å². The summed E-state index contributed by atoms with van der Waals surface area (Å²) in [5.74, 6) is 0.364. The summed E-state index contributed by atoms with van der Waals surface area (Å²) in [4.78, 5) is 16.0. The Labute approximate surface area is 145 Å². The maximum atomic E-state index is 13.0.